The van der Waals surface area contributed by atoms with Crippen LogP contribution in [0.3, 0.4) is 0 Å². The summed E-state index contributed by atoms with van der Waals surface area (Å²) in [4.78, 5) is 21.1. The second kappa shape index (κ2) is 2.51. The second-order valence-corrected chi connectivity index (χ2v) is 2.05. The van der Waals surface area contributed by atoms with Crippen molar-refractivity contribution in [1.29, 1.82) is 0 Å². The van der Waals surface area contributed by atoms with E-state index in [1.54, 1.807) is 0 Å². The van der Waals surface area contributed by atoms with Crippen LogP contribution in [0.4, 0.5) is 0 Å². The van der Waals surface area contributed by atoms with Crippen LogP contribution in [0.15, 0.2) is 22.0 Å². The van der Waals surface area contributed by atoms with Crippen molar-refractivity contribution in [2.45, 2.75) is 13.3 Å². The molecular formula is C6H6N2O2. The average Bonchev–Trinajstić information content (AvgIpc) is 2.15. The molecule has 10 heavy (non-hydrogen) atoms. The monoisotopic (exact) mass is 138 g/mol. The second-order valence-electron chi connectivity index (χ2n) is 2.05. The summed E-state index contributed by atoms with van der Waals surface area (Å²) in [6.07, 6.45) is 1.47. The first kappa shape index (κ1) is 6.80. The Hall–Kier alpha value is -1.32. The first-order valence-electron chi connectivity index (χ1n) is 2.84. The number of carbonyl (C=O) groups excluding carboxylic acids is 2. The summed E-state index contributed by atoms with van der Waals surface area (Å²) < 4.78 is 0. The van der Waals surface area contributed by atoms with Gasteiger partial charge in [-0.05, 0) is 6.92 Å². The number of rotatable bonds is 2. The van der Waals surface area contributed by atoms with Gasteiger partial charge in [-0.2, -0.15) is 5.11 Å². The highest BCUT2D eigenvalue weighted by molar-refractivity contribution is 5.99. The van der Waals surface area contributed by atoms with Crippen LogP contribution in [0.25, 0.3) is 0 Å². The predicted octanol–water partition coefficient (Wildman–Crippen LogP) is 0.842. The van der Waals surface area contributed by atoms with E-state index in [1.807, 2.05) is 0 Å². The van der Waals surface area contributed by atoms with Gasteiger partial charge in [0.05, 0.1) is 6.20 Å². The molecule has 1 amide bonds. The van der Waals surface area contributed by atoms with E-state index in [4.69, 9.17) is 0 Å². The molecule has 4 heteroatoms. The van der Waals surface area contributed by atoms with Gasteiger partial charge in [0, 0.05) is 12.0 Å². The lowest BCUT2D eigenvalue weighted by molar-refractivity contribution is -0.119. The molecule has 0 N–H and O–H groups in total. The molecule has 0 radical (unpaired) electrons. The quantitative estimate of drug-likeness (QED) is 0.567. The summed E-state index contributed by atoms with van der Waals surface area (Å²) in [6, 6.07) is 0. The van der Waals surface area contributed by atoms with Crippen molar-refractivity contribution in [1.82, 2.24) is 0 Å². The zero-order valence-corrected chi connectivity index (χ0v) is 5.50. The molecule has 0 aromatic carbocycles. The van der Waals surface area contributed by atoms with Crippen LogP contribution in [-0.4, -0.2) is 11.7 Å². The van der Waals surface area contributed by atoms with Gasteiger partial charge in [0.15, 0.2) is 0 Å². The van der Waals surface area contributed by atoms with E-state index in [9.17, 15) is 9.59 Å². The Kier molecular flexibility index (Phi) is 1.71. The summed E-state index contributed by atoms with van der Waals surface area (Å²) >= 11 is 0. The van der Waals surface area contributed by atoms with E-state index in [2.05, 4.69) is 10.2 Å². The van der Waals surface area contributed by atoms with Crippen LogP contribution in [0.2, 0.25) is 0 Å². The van der Waals surface area contributed by atoms with E-state index in [-0.39, 0.29) is 12.2 Å². The molecule has 0 spiro atoms. The number of nitrogens with zero attached hydrogens (tertiary/aromatic N) is 2. The van der Waals surface area contributed by atoms with Gasteiger partial charge in [0.1, 0.15) is 5.78 Å². The fourth-order valence-electron chi connectivity index (χ4n) is 0.660. The van der Waals surface area contributed by atoms with Gasteiger partial charge in [0.25, 0.3) is 5.91 Å². The molecule has 0 aliphatic carbocycles. The number of hydrogen-bond acceptors (Lipinski definition) is 3. The molecule has 0 aromatic rings. The van der Waals surface area contributed by atoms with Gasteiger partial charge in [-0.15, -0.1) is 5.11 Å². The normalized spacial score (nSPS) is 15.7. The summed E-state index contributed by atoms with van der Waals surface area (Å²) in [5.74, 6) is -0.442. The molecule has 0 unspecified atom stereocenters. The van der Waals surface area contributed by atoms with Gasteiger partial charge in [-0.25, -0.2) is 0 Å². The molecule has 0 aromatic heterocycles. The van der Waals surface area contributed by atoms with E-state index >= 15 is 0 Å². The molecule has 0 saturated heterocycles. The highest BCUT2D eigenvalue weighted by atomic mass is 16.2. The van der Waals surface area contributed by atoms with Crippen LogP contribution < -0.4 is 0 Å². The molecule has 0 atom stereocenters. The van der Waals surface area contributed by atoms with Crippen molar-refractivity contribution in [2.24, 2.45) is 10.2 Å². The number of Topliss-reactive ketones (excluding diaryl/α,β-unsaturated/α-hetero) is 1. The number of hydrogen-bond donors (Lipinski definition) is 0. The zero-order chi connectivity index (χ0) is 7.56. The third-order valence-electron chi connectivity index (χ3n) is 1.08. The Bertz CT molecular complexity index is 240. The minimum Gasteiger partial charge on any atom is -0.300 e. The SMILES string of the molecule is CC(=O)CC1=CN=NC1=O. The molecule has 1 aliphatic rings. The smallest absolute Gasteiger partial charge is 0.293 e. The summed E-state index contributed by atoms with van der Waals surface area (Å²) in [5, 5.41) is 6.57. The first-order chi connectivity index (χ1) is 4.70. The Morgan fingerprint density at radius 2 is 2.40 bits per heavy atom. The van der Waals surface area contributed by atoms with Gasteiger partial charge in [-0.3, -0.25) is 9.59 Å². The molecule has 4 nitrogen and oxygen atoms in total. The minimum absolute atomic E-state index is 0.0492. The van der Waals surface area contributed by atoms with E-state index in [1.165, 1.54) is 13.1 Å². The number of azo groups is 1. The maximum Gasteiger partial charge on any atom is 0.293 e. The maximum absolute atomic E-state index is 10.6. The Labute approximate surface area is 57.6 Å². The van der Waals surface area contributed by atoms with Gasteiger partial charge < -0.3 is 0 Å². The largest absolute Gasteiger partial charge is 0.300 e. The predicted molar refractivity (Wildman–Crippen MR) is 33.2 cm³/mol. The molecule has 0 fully saturated rings. The van der Waals surface area contributed by atoms with Crippen LogP contribution in [0, 0.1) is 0 Å². The summed E-state index contributed by atoms with van der Waals surface area (Å²) in [7, 11) is 0. The number of ketones is 1. The lowest BCUT2D eigenvalue weighted by Gasteiger charge is -1.89. The van der Waals surface area contributed by atoms with E-state index in [0.29, 0.717) is 5.57 Å². The molecule has 0 bridgehead atoms. The minimum atomic E-state index is -0.393. The fraction of sp³-hybridized carbons (Fsp3) is 0.333. The third-order valence-corrected chi connectivity index (χ3v) is 1.08. The topological polar surface area (TPSA) is 58.9 Å². The van der Waals surface area contributed by atoms with Crippen molar-refractivity contribution < 1.29 is 9.59 Å². The Balaban J connectivity index is 2.61. The van der Waals surface area contributed by atoms with Crippen molar-refractivity contribution in [3.8, 4) is 0 Å². The Morgan fingerprint density at radius 1 is 1.70 bits per heavy atom. The Morgan fingerprint density at radius 3 is 2.80 bits per heavy atom. The molecule has 0 saturated carbocycles. The van der Waals surface area contributed by atoms with Crippen molar-refractivity contribution >= 4 is 11.7 Å². The number of amides is 1. The lowest BCUT2D eigenvalue weighted by atomic mass is 10.1. The highest BCUT2D eigenvalue weighted by Crippen LogP contribution is 2.10. The van der Waals surface area contributed by atoms with Crippen molar-refractivity contribution in [3.05, 3.63) is 11.8 Å². The maximum atomic E-state index is 10.6. The third kappa shape index (κ3) is 1.34. The molecule has 1 aliphatic heterocycles. The van der Waals surface area contributed by atoms with Crippen LogP contribution in [0.1, 0.15) is 13.3 Å². The van der Waals surface area contributed by atoms with Crippen molar-refractivity contribution in [2.75, 3.05) is 0 Å². The standard InChI is InChI=1S/C6H6N2O2/c1-4(9)2-5-3-7-8-6(5)10/h3H,2H2,1H3. The molecule has 52 valence electrons. The average molecular weight is 138 g/mol. The summed E-state index contributed by atoms with van der Waals surface area (Å²) in [6.45, 7) is 1.42. The zero-order valence-electron chi connectivity index (χ0n) is 5.50. The number of carbonyl (C=O) groups is 2. The van der Waals surface area contributed by atoms with E-state index in [0.717, 1.165) is 0 Å². The summed E-state index contributed by atoms with van der Waals surface area (Å²) in [5.41, 5.74) is 0.382. The molecule has 1 heterocycles. The highest BCUT2D eigenvalue weighted by Gasteiger charge is 2.14. The fourth-order valence-corrected chi connectivity index (χ4v) is 0.660. The van der Waals surface area contributed by atoms with Crippen molar-refractivity contribution in [3.63, 3.8) is 0 Å². The van der Waals surface area contributed by atoms with Crippen LogP contribution >= 0.6 is 0 Å². The lowest BCUT2D eigenvalue weighted by Crippen LogP contribution is -1.99. The molecular weight excluding hydrogens is 132 g/mol. The van der Waals surface area contributed by atoms with Crippen LogP contribution in [-0.2, 0) is 9.59 Å². The van der Waals surface area contributed by atoms with Gasteiger partial charge in [0.2, 0.25) is 0 Å². The van der Waals surface area contributed by atoms with Gasteiger partial charge in [-0.1, -0.05) is 0 Å². The first-order valence-corrected chi connectivity index (χ1v) is 2.84. The van der Waals surface area contributed by atoms with E-state index < -0.39 is 5.91 Å². The van der Waals surface area contributed by atoms with Gasteiger partial charge >= 0.3 is 0 Å². The van der Waals surface area contributed by atoms with Crippen LogP contribution in [0.5, 0.6) is 0 Å². The molecule has 1 rings (SSSR count).